The van der Waals surface area contributed by atoms with Crippen molar-refractivity contribution in [2.24, 2.45) is 5.92 Å². The van der Waals surface area contributed by atoms with Gasteiger partial charge in [0.1, 0.15) is 0 Å². The maximum atomic E-state index is 12.3. The van der Waals surface area contributed by atoms with Gasteiger partial charge in [0.2, 0.25) is 5.91 Å². The van der Waals surface area contributed by atoms with Gasteiger partial charge in [0.05, 0.1) is 0 Å². The molecular formula is C17H23NO. The van der Waals surface area contributed by atoms with E-state index in [-0.39, 0.29) is 0 Å². The molecule has 1 fully saturated rings. The van der Waals surface area contributed by atoms with Crippen molar-refractivity contribution in [2.75, 3.05) is 6.54 Å². The Balaban J connectivity index is 1.54. The van der Waals surface area contributed by atoms with Gasteiger partial charge in [-0.25, -0.2) is 0 Å². The molecule has 0 atom stereocenters. The van der Waals surface area contributed by atoms with Gasteiger partial charge in [0, 0.05) is 19.5 Å². The molecule has 1 amide bonds. The first kappa shape index (κ1) is 12.7. The molecule has 2 heteroatoms. The van der Waals surface area contributed by atoms with Gasteiger partial charge >= 0.3 is 0 Å². The molecule has 0 unspecified atom stereocenters. The summed E-state index contributed by atoms with van der Waals surface area (Å²) in [7, 11) is 0. The number of benzene rings is 1. The molecule has 1 aliphatic heterocycles. The van der Waals surface area contributed by atoms with Crippen LogP contribution < -0.4 is 0 Å². The topological polar surface area (TPSA) is 20.3 Å². The zero-order chi connectivity index (χ0) is 13.1. The monoisotopic (exact) mass is 257 g/mol. The number of amides is 1. The minimum atomic E-state index is 0.362. The lowest BCUT2D eigenvalue weighted by Crippen LogP contribution is -2.35. The van der Waals surface area contributed by atoms with Crippen LogP contribution in [0.5, 0.6) is 0 Å². The highest BCUT2D eigenvalue weighted by Crippen LogP contribution is 2.29. The molecule has 19 heavy (non-hydrogen) atoms. The van der Waals surface area contributed by atoms with Crippen LogP contribution in [0, 0.1) is 5.92 Å². The summed E-state index contributed by atoms with van der Waals surface area (Å²) in [6, 6.07) is 8.52. The van der Waals surface area contributed by atoms with E-state index in [1.165, 1.54) is 36.8 Å². The summed E-state index contributed by atoms with van der Waals surface area (Å²) in [6.07, 6.45) is 8.31. The number of carbonyl (C=O) groups excluding carboxylic acids is 1. The number of hydrogen-bond acceptors (Lipinski definition) is 1. The van der Waals surface area contributed by atoms with Crippen molar-refractivity contribution in [2.45, 2.75) is 51.5 Å². The van der Waals surface area contributed by atoms with E-state index in [4.69, 9.17) is 0 Å². The van der Waals surface area contributed by atoms with Crippen molar-refractivity contribution >= 4 is 5.91 Å². The summed E-state index contributed by atoms with van der Waals surface area (Å²) in [5.41, 5.74) is 2.75. The van der Waals surface area contributed by atoms with E-state index >= 15 is 0 Å². The summed E-state index contributed by atoms with van der Waals surface area (Å²) in [5.74, 6) is 1.18. The maximum Gasteiger partial charge on any atom is 0.222 e. The fraction of sp³-hybridized carbons (Fsp3) is 0.588. The van der Waals surface area contributed by atoms with Crippen LogP contribution in [-0.2, 0) is 17.8 Å². The van der Waals surface area contributed by atoms with Gasteiger partial charge in [-0.3, -0.25) is 4.79 Å². The number of carbonyl (C=O) groups is 1. The Hall–Kier alpha value is -1.31. The number of fused-ring (bicyclic) bond motifs is 1. The Morgan fingerprint density at radius 2 is 1.89 bits per heavy atom. The molecule has 1 heterocycles. The summed E-state index contributed by atoms with van der Waals surface area (Å²) >= 11 is 0. The molecule has 1 aliphatic carbocycles. The van der Waals surface area contributed by atoms with Crippen LogP contribution in [0.3, 0.4) is 0 Å². The second-order valence-corrected chi connectivity index (χ2v) is 6.02. The Labute approximate surface area is 115 Å². The van der Waals surface area contributed by atoms with Crippen LogP contribution in [0.2, 0.25) is 0 Å². The molecule has 2 aliphatic rings. The number of nitrogens with zero attached hydrogens (tertiary/aromatic N) is 1. The van der Waals surface area contributed by atoms with Crippen LogP contribution in [0.15, 0.2) is 24.3 Å². The Morgan fingerprint density at radius 1 is 1.16 bits per heavy atom. The first-order chi connectivity index (χ1) is 9.33. The van der Waals surface area contributed by atoms with Crippen molar-refractivity contribution in [3.63, 3.8) is 0 Å². The molecule has 3 rings (SSSR count). The number of rotatable bonds is 3. The highest BCUT2D eigenvalue weighted by molar-refractivity contribution is 5.76. The van der Waals surface area contributed by atoms with E-state index in [9.17, 15) is 4.79 Å². The van der Waals surface area contributed by atoms with E-state index in [0.717, 1.165) is 38.3 Å². The van der Waals surface area contributed by atoms with Crippen molar-refractivity contribution in [1.29, 1.82) is 0 Å². The first-order valence-corrected chi connectivity index (χ1v) is 7.67. The van der Waals surface area contributed by atoms with E-state index in [2.05, 4.69) is 29.2 Å². The van der Waals surface area contributed by atoms with Crippen LogP contribution >= 0.6 is 0 Å². The minimum Gasteiger partial charge on any atom is -0.338 e. The average molecular weight is 257 g/mol. The maximum absolute atomic E-state index is 12.3. The van der Waals surface area contributed by atoms with Crippen molar-refractivity contribution < 1.29 is 4.79 Å². The largest absolute Gasteiger partial charge is 0.338 e. The highest BCUT2D eigenvalue weighted by Gasteiger charge is 2.22. The van der Waals surface area contributed by atoms with Crippen LogP contribution in [0.1, 0.15) is 49.7 Å². The minimum absolute atomic E-state index is 0.362. The normalized spacial score (nSPS) is 19.5. The molecule has 0 spiro atoms. The molecule has 102 valence electrons. The van der Waals surface area contributed by atoms with E-state index < -0.39 is 0 Å². The molecule has 1 saturated carbocycles. The summed E-state index contributed by atoms with van der Waals surface area (Å²) in [4.78, 5) is 14.3. The second kappa shape index (κ2) is 5.77. The number of hydrogen-bond donors (Lipinski definition) is 0. The molecule has 0 bridgehead atoms. The van der Waals surface area contributed by atoms with Crippen LogP contribution in [0.25, 0.3) is 0 Å². The summed E-state index contributed by atoms with van der Waals surface area (Å²) in [5, 5.41) is 0. The molecule has 1 aromatic rings. The third-order valence-corrected chi connectivity index (χ3v) is 4.72. The molecule has 1 aromatic carbocycles. The molecule has 2 nitrogen and oxygen atoms in total. The zero-order valence-electron chi connectivity index (χ0n) is 11.6. The first-order valence-electron chi connectivity index (χ1n) is 7.67. The third kappa shape index (κ3) is 2.99. The van der Waals surface area contributed by atoms with Gasteiger partial charge in [-0.05, 0) is 29.9 Å². The molecule has 0 radical (unpaired) electrons. The average Bonchev–Trinajstić information content (AvgIpc) is 2.97. The van der Waals surface area contributed by atoms with Crippen molar-refractivity contribution in [3.05, 3.63) is 35.4 Å². The van der Waals surface area contributed by atoms with Gasteiger partial charge in [-0.2, -0.15) is 0 Å². The van der Waals surface area contributed by atoms with Gasteiger partial charge in [-0.1, -0.05) is 49.9 Å². The fourth-order valence-corrected chi connectivity index (χ4v) is 3.49. The van der Waals surface area contributed by atoms with Crippen molar-refractivity contribution in [1.82, 2.24) is 4.90 Å². The standard InChI is InChI=1S/C17H23NO/c19-17(10-9-14-5-1-2-6-14)18-12-11-15-7-3-4-8-16(15)13-18/h3-4,7-8,14H,1-2,5-6,9-13H2. The lowest BCUT2D eigenvalue weighted by atomic mass is 9.98. The molecule has 0 aromatic heterocycles. The smallest absolute Gasteiger partial charge is 0.222 e. The SMILES string of the molecule is O=C(CCC1CCCC1)N1CCc2ccccc2C1. The summed E-state index contributed by atoms with van der Waals surface area (Å²) < 4.78 is 0. The third-order valence-electron chi connectivity index (χ3n) is 4.72. The lowest BCUT2D eigenvalue weighted by molar-refractivity contribution is -0.132. The molecule has 0 saturated heterocycles. The highest BCUT2D eigenvalue weighted by atomic mass is 16.2. The van der Waals surface area contributed by atoms with E-state index in [0.29, 0.717) is 5.91 Å². The van der Waals surface area contributed by atoms with Crippen LogP contribution in [0.4, 0.5) is 0 Å². The van der Waals surface area contributed by atoms with E-state index in [1.54, 1.807) is 0 Å². The predicted octanol–water partition coefficient (Wildman–Crippen LogP) is 3.54. The Bertz CT molecular complexity index is 448. The second-order valence-electron chi connectivity index (χ2n) is 6.02. The van der Waals surface area contributed by atoms with Crippen LogP contribution in [-0.4, -0.2) is 17.4 Å². The zero-order valence-corrected chi connectivity index (χ0v) is 11.6. The predicted molar refractivity (Wildman–Crippen MR) is 76.8 cm³/mol. The Kier molecular flexibility index (Phi) is 3.86. The van der Waals surface area contributed by atoms with Crippen molar-refractivity contribution in [3.8, 4) is 0 Å². The molecular weight excluding hydrogens is 234 g/mol. The lowest BCUT2D eigenvalue weighted by Gasteiger charge is -2.29. The Morgan fingerprint density at radius 3 is 2.68 bits per heavy atom. The van der Waals surface area contributed by atoms with Gasteiger partial charge in [-0.15, -0.1) is 0 Å². The fourth-order valence-electron chi connectivity index (χ4n) is 3.49. The van der Waals surface area contributed by atoms with Gasteiger partial charge in [0.15, 0.2) is 0 Å². The molecule has 0 N–H and O–H groups in total. The van der Waals surface area contributed by atoms with Gasteiger partial charge in [0.25, 0.3) is 0 Å². The van der Waals surface area contributed by atoms with E-state index in [1.807, 2.05) is 0 Å². The quantitative estimate of drug-likeness (QED) is 0.811. The van der Waals surface area contributed by atoms with Gasteiger partial charge < -0.3 is 4.90 Å². The summed E-state index contributed by atoms with van der Waals surface area (Å²) in [6.45, 7) is 1.72.